The lowest BCUT2D eigenvalue weighted by Crippen LogP contribution is -2.52. The molecule has 0 saturated carbocycles. The number of carbonyl (C=O) groups excluding carboxylic acids is 1. The molecule has 3 aromatic rings. The van der Waals surface area contributed by atoms with Crippen LogP contribution in [-0.4, -0.2) is 82.3 Å². The van der Waals surface area contributed by atoms with E-state index in [0.717, 1.165) is 0 Å². The van der Waals surface area contributed by atoms with Gasteiger partial charge in [-0.3, -0.25) is 19.5 Å². The van der Waals surface area contributed by atoms with Crippen molar-refractivity contribution in [2.24, 2.45) is 5.41 Å². The van der Waals surface area contributed by atoms with Gasteiger partial charge in [-0.25, -0.2) is 15.0 Å². The van der Waals surface area contributed by atoms with Gasteiger partial charge < -0.3 is 25.2 Å². The first-order valence-corrected chi connectivity index (χ1v) is 15.8. The third-order valence-electron chi connectivity index (χ3n) is 8.05. The molecule has 1 saturated heterocycles. The Labute approximate surface area is 285 Å². The summed E-state index contributed by atoms with van der Waals surface area (Å²) in [5.74, 6) is 3.92. The molecule has 49 heavy (non-hydrogen) atoms. The molecule has 17 heteroatoms. The van der Waals surface area contributed by atoms with E-state index in [9.17, 15) is 33.2 Å². The van der Waals surface area contributed by atoms with Crippen LogP contribution in [0.4, 0.5) is 24.7 Å². The van der Waals surface area contributed by atoms with E-state index >= 15 is 0 Å². The quantitative estimate of drug-likeness (QED) is 0.134. The van der Waals surface area contributed by atoms with E-state index in [1.165, 1.54) is 18.2 Å². The number of nitrogens with zero attached hydrogens (tertiary/aromatic N) is 5. The summed E-state index contributed by atoms with van der Waals surface area (Å²) in [5, 5.41) is 27.5. The van der Waals surface area contributed by atoms with Crippen molar-refractivity contribution in [3.8, 4) is 11.8 Å². The first-order valence-electron chi connectivity index (χ1n) is 15.3. The van der Waals surface area contributed by atoms with E-state index in [1.807, 2.05) is 41.5 Å². The molecule has 13 nitrogen and oxygen atoms in total. The van der Waals surface area contributed by atoms with Crippen LogP contribution in [0, 0.1) is 41.2 Å². The van der Waals surface area contributed by atoms with E-state index in [1.54, 1.807) is 23.7 Å². The number of amides is 1. The van der Waals surface area contributed by atoms with Crippen LogP contribution in [0.3, 0.4) is 0 Å². The van der Waals surface area contributed by atoms with E-state index in [4.69, 9.17) is 14.5 Å². The van der Waals surface area contributed by atoms with Gasteiger partial charge in [0, 0.05) is 30.2 Å². The lowest BCUT2D eigenvalue weighted by molar-refractivity contribution is -0.385. The molecule has 3 atom stereocenters. The number of imidazole rings is 1. The highest BCUT2D eigenvalue weighted by atomic mass is 28.1. The number of alkyl halides is 3. The zero-order chi connectivity index (χ0) is 36.7. The summed E-state index contributed by atoms with van der Waals surface area (Å²) in [6.07, 6.45) is -5.62. The molecule has 3 heterocycles. The van der Waals surface area contributed by atoms with Gasteiger partial charge in [0.2, 0.25) is 0 Å². The molecule has 1 amide bonds. The van der Waals surface area contributed by atoms with Gasteiger partial charge in [0.15, 0.2) is 17.0 Å². The van der Waals surface area contributed by atoms with Crippen LogP contribution in [-0.2, 0) is 26.2 Å². The molecule has 0 aliphatic carbocycles. The molecule has 3 radical (unpaired) electrons. The number of rotatable bonds is 8. The lowest BCUT2D eigenvalue weighted by atomic mass is 9.72. The number of nitro benzene ring substituents is 1. The lowest BCUT2D eigenvalue weighted by Gasteiger charge is -2.41. The molecule has 0 spiro atoms. The van der Waals surface area contributed by atoms with Crippen molar-refractivity contribution in [1.29, 1.82) is 0 Å². The SMILES string of the molecule is Cc1nc(NCc2ccc(C#CCNC(=O)C(F)(F)F)cc2[N+](=O)[O-])c2nc(C)n([C@@]3([Si])C[C@@](O)(C(C)(C)C)[C@@H](COC(C)(C)C)O3)c2n1. The Morgan fingerprint density at radius 1 is 1.20 bits per heavy atom. The number of nitro groups is 1. The first kappa shape index (κ1) is 37.7. The second-order valence-corrected chi connectivity index (χ2v) is 14.7. The molecule has 0 unspecified atom stereocenters. The number of ether oxygens (including phenoxy) is 2. The van der Waals surface area contributed by atoms with Gasteiger partial charge in [0.05, 0.1) is 23.7 Å². The molecule has 1 fully saturated rings. The summed E-state index contributed by atoms with van der Waals surface area (Å²) in [4.78, 5) is 36.1. The summed E-state index contributed by atoms with van der Waals surface area (Å²) >= 11 is 0. The molecule has 4 rings (SSSR count). The van der Waals surface area contributed by atoms with Crippen molar-refractivity contribution in [2.75, 3.05) is 18.5 Å². The fraction of sp³-hybridized carbons (Fsp3) is 0.562. The van der Waals surface area contributed by atoms with Crippen LogP contribution in [0.25, 0.3) is 11.2 Å². The van der Waals surface area contributed by atoms with Gasteiger partial charge in [-0.2, -0.15) is 13.2 Å². The van der Waals surface area contributed by atoms with Gasteiger partial charge >= 0.3 is 12.1 Å². The highest BCUT2D eigenvalue weighted by Crippen LogP contribution is 2.50. The molecular weight excluding hydrogens is 663 g/mol. The van der Waals surface area contributed by atoms with Crippen LogP contribution in [0.5, 0.6) is 0 Å². The number of hydrogen-bond donors (Lipinski definition) is 3. The normalized spacial score (nSPS) is 21.4. The Bertz CT molecular complexity index is 1830. The highest BCUT2D eigenvalue weighted by Gasteiger charge is 2.60. The highest BCUT2D eigenvalue weighted by molar-refractivity contribution is 6.13. The fourth-order valence-corrected chi connectivity index (χ4v) is 6.15. The largest absolute Gasteiger partial charge is 0.471 e. The second kappa shape index (κ2) is 13.3. The predicted molar refractivity (Wildman–Crippen MR) is 174 cm³/mol. The molecule has 1 aliphatic rings. The Balaban J connectivity index is 1.63. The van der Waals surface area contributed by atoms with Crippen LogP contribution in [0.2, 0.25) is 0 Å². The number of aliphatic hydroxyl groups is 1. The van der Waals surface area contributed by atoms with E-state index in [-0.39, 0.29) is 36.4 Å². The maximum atomic E-state index is 12.4. The van der Waals surface area contributed by atoms with Crippen LogP contribution in [0.15, 0.2) is 18.2 Å². The maximum Gasteiger partial charge on any atom is 0.471 e. The molecule has 3 N–H and O–H groups in total. The van der Waals surface area contributed by atoms with E-state index in [0.29, 0.717) is 28.6 Å². The summed E-state index contributed by atoms with van der Waals surface area (Å²) in [5.41, 5.74) is -1.47. The molecule has 0 bridgehead atoms. The van der Waals surface area contributed by atoms with Gasteiger partial charge in [-0.15, -0.1) is 0 Å². The van der Waals surface area contributed by atoms with Crippen LogP contribution < -0.4 is 10.6 Å². The van der Waals surface area contributed by atoms with Crippen molar-refractivity contribution >= 4 is 38.8 Å². The number of aryl methyl sites for hydroxylation is 2. The summed E-state index contributed by atoms with van der Waals surface area (Å²) in [6, 6.07) is 4.13. The number of benzene rings is 1. The third-order valence-corrected chi connectivity index (χ3v) is 8.57. The van der Waals surface area contributed by atoms with E-state index < -0.39 is 51.6 Å². The monoisotopic (exact) mass is 702 g/mol. The minimum Gasteiger partial charge on any atom is -0.386 e. The summed E-state index contributed by atoms with van der Waals surface area (Å²) in [6.45, 7) is 14.5. The van der Waals surface area contributed by atoms with Gasteiger partial charge in [0.1, 0.15) is 38.9 Å². The topological polar surface area (TPSA) is 167 Å². The zero-order valence-electron chi connectivity index (χ0n) is 28.5. The van der Waals surface area contributed by atoms with Crippen LogP contribution in [0.1, 0.15) is 70.7 Å². The Morgan fingerprint density at radius 3 is 2.47 bits per heavy atom. The molecule has 1 aromatic carbocycles. The van der Waals surface area contributed by atoms with Crippen molar-refractivity contribution < 1.29 is 37.5 Å². The van der Waals surface area contributed by atoms with Crippen LogP contribution >= 0.6 is 0 Å². The second-order valence-electron chi connectivity index (χ2n) is 13.9. The minimum atomic E-state index is -5.04. The number of fused-ring (bicyclic) bond motifs is 1. The predicted octanol–water partition coefficient (Wildman–Crippen LogP) is 4.15. The zero-order valence-corrected chi connectivity index (χ0v) is 29.5. The number of hydrogen-bond acceptors (Lipinski definition) is 10. The van der Waals surface area contributed by atoms with Crippen molar-refractivity contribution in [2.45, 2.75) is 97.2 Å². The van der Waals surface area contributed by atoms with Crippen molar-refractivity contribution in [3.63, 3.8) is 0 Å². The smallest absolute Gasteiger partial charge is 0.386 e. The Hall–Kier alpha value is -4.11. The average Bonchev–Trinajstić information content (AvgIpc) is 3.45. The minimum absolute atomic E-state index is 0.0470. The number of nitrogens with one attached hydrogen (secondary N) is 2. The standard InChI is InChI=1S/C32H39F3N7O6Si/c1-18-38-25(37-15-21-12-11-20(14-22(21)42(45)46)10-9-13-36-27(43)32(33,34)35)24-26(39-18)41(19(2)40-24)31(49)17-30(44,28(3,4)5)23(48-31)16-47-29(6,7)8/h11-12,14,23,44H,13,15-17H2,1-8H3,(H,36,43)(H,37,38,39)/t23-,30+,31+/m1/s1. The number of anilines is 1. The summed E-state index contributed by atoms with van der Waals surface area (Å²) in [7, 11) is 3.85. The van der Waals surface area contributed by atoms with Gasteiger partial charge in [-0.05, 0) is 52.2 Å². The fourth-order valence-electron chi connectivity index (χ4n) is 5.47. The first-order chi connectivity index (χ1) is 22.4. The Kier molecular flexibility index (Phi) is 10.2. The molecule has 263 valence electrons. The Morgan fingerprint density at radius 2 is 1.88 bits per heavy atom. The van der Waals surface area contributed by atoms with Gasteiger partial charge in [-0.1, -0.05) is 32.6 Å². The summed E-state index contributed by atoms with van der Waals surface area (Å²) < 4.78 is 51.5. The van der Waals surface area contributed by atoms with E-state index in [2.05, 4.69) is 37.4 Å². The number of carbonyl (C=O) groups is 1. The molecule has 1 aliphatic heterocycles. The molecule has 2 aromatic heterocycles. The molecular formula is C32H39F3N7O6Si. The number of aromatic nitrogens is 4. The number of halogens is 3. The third kappa shape index (κ3) is 8.20. The average molecular weight is 703 g/mol. The van der Waals surface area contributed by atoms with Crippen molar-refractivity contribution in [3.05, 3.63) is 51.1 Å². The van der Waals surface area contributed by atoms with Gasteiger partial charge in [0.25, 0.3) is 5.69 Å². The maximum absolute atomic E-state index is 12.4. The van der Waals surface area contributed by atoms with Crippen molar-refractivity contribution in [1.82, 2.24) is 24.8 Å².